The molecule has 1 saturated heterocycles. The van der Waals surface area contributed by atoms with E-state index in [-0.39, 0.29) is 58.6 Å². The molecular formula is C31H30F6O3. The number of ether oxygens (including phenoxy) is 2. The second-order valence-electron chi connectivity index (χ2n) is 10.5. The maximum atomic E-state index is 15.1. The van der Waals surface area contributed by atoms with Gasteiger partial charge in [0.2, 0.25) is 0 Å². The lowest BCUT2D eigenvalue weighted by Crippen LogP contribution is -2.22. The summed E-state index contributed by atoms with van der Waals surface area (Å²) in [6.07, 6.45) is 1.01. The molecule has 1 saturated carbocycles. The van der Waals surface area contributed by atoms with E-state index in [9.17, 15) is 22.7 Å². The van der Waals surface area contributed by atoms with Gasteiger partial charge in [0.1, 0.15) is 6.10 Å². The first-order chi connectivity index (χ1) is 19.2. The third-order valence-corrected chi connectivity index (χ3v) is 7.90. The summed E-state index contributed by atoms with van der Waals surface area (Å²) in [6, 6.07) is 7.99. The van der Waals surface area contributed by atoms with Gasteiger partial charge in [0.25, 0.3) is 0 Å². The predicted octanol–water partition coefficient (Wildman–Crippen LogP) is 8.34. The molecule has 2 unspecified atom stereocenters. The van der Waals surface area contributed by atoms with Gasteiger partial charge in [0, 0.05) is 27.8 Å². The van der Waals surface area contributed by atoms with Crippen LogP contribution in [0.2, 0.25) is 0 Å². The second-order valence-corrected chi connectivity index (χ2v) is 10.5. The quantitative estimate of drug-likeness (QED) is 0.210. The minimum absolute atomic E-state index is 0.0390. The fourth-order valence-corrected chi connectivity index (χ4v) is 5.49. The average molecular weight is 565 g/mol. The molecular weight excluding hydrogens is 534 g/mol. The number of halogens is 6. The van der Waals surface area contributed by atoms with Crippen molar-refractivity contribution in [3.63, 3.8) is 0 Å². The molecule has 0 amide bonds. The Morgan fingerprint density at radius 3 is 1.98 bits per heavy atom. The first-order valence-corrected chi connectivity index (χ1v) is 13.5. The van der Waals surface area contributed by atoms with E-state index in [1.54, 1.807) is 0 Å². The summed E-state index contributed by atoms with van der Waals surface area (Å²) in [5.41, 5.74) is -0.566. The molecule has 9 heteroatoms. The highest BCUT2D eigenvalue weighted by molar-refractivity contribution is 5.66. The van der Waals surface area contributed by atoms with Gasteiger partial charge in [-0.15, -0.1) is 0 Å². The van der Waals surface area contributed by atoms with Gasteiger partial charge >= 0.3 is 0 Å². The van der Waals surface area contributed by atoms with Crippen LogP contribution in [0.1, 0.15) is 85.8 Å². The Balaban J connectivity index is 1.22. The molecule has 0 bridgehead atoms. The molecule has 0 aromatic heterocycles. The van der Waals surface area contributed by atoms with Gasteiger partial charge in [-0.1, -0.05) is 49.7 Å². The first kappa shape index (κ1) is 28.6. The minimum atomic E-state index is -1.25. The lowest BCUT2D eigenvalue weighted by molar-refractivity contribution is 0.0116. The third-order valence-electron chi connectivity index (χ3n) is 7.90. The zero-order chi connectivity index (χ0) is 28.6. The van der Waals surface area contributed by atoms with Crippen molar-refractivity contribution in [2.45, 2.75) is 76.3 Å². The highest BCUT2D eigenvalue weighted by Gasteiger charge is 2.32. The van der Waals surface area contributed by atoms with Crippen molar-refractivity contribution in [1.82, 2.24) is 0 Å². The van der Waals surface area contributed by atoms with E-state index < -0.39 is 47.1 Å². The van der Waals surface area contributed by atoms with Crippen molar-refractivity contribution in [3.05, 3.63) is 93.6 Å². The smallest absolute Gasteiger partial charge is 0.167 e. The third kappa shape index (κ3) is 5.64. The monoisotopic (exact) mass is 564 g/mol. The van der Waals surface area contributed by atoms with Gasteiger partial charge in [-0.05, 0) is 43.6 Å². The van der Waals surface area contributed by atoms with Gasteiger partial charge in [-0.2, -0.15) is 0 Å². The van der Waals surface area contributed by atoms with E-state index in [4.69, 9.17) is 9.47 Å². The number of aliphatic hydroxyl groups is 1. The average Bonchev–Trinajstić information content (AvgIpc) is 3.79. The highest BCUT2D eigenvalue weighted by Crippen LogP contribution is 2.40. The molecule has 2 fully saturated rings. The van der Waals surface area contributed by atoms with Gasteiger partial charge in [-0.3, -0.25) is 0 Å². The van der Waals surface area contributed by atoms with Crippen LogP contribution in [0.25, 0.3) is 11.1 Å². The van der Waals surface area contributed by atoms with Crippen molar-refractivity contribution in [1.29, 1.82) is 0 Å². The molecule has 1 aliphatic carbocycles. The maximum absolute atomic E-state index is 15.1. The summed E-state index contributed by atoms with van der Waals surface area (Å²) >= 11 is 0. The fraction of sp³-hybridized carbons (Fsp3) is 0.419. The topological polar surface area (TPSA) is 42.0 Å². The summed E-state index contributed by atoms with van der Waals surface area (Å²) < 4.78 is 99.1. The molecule has 3 aromatic rings. The van der Waals surface area contributed by atoms with E-state index in [1.807, 2.05) is 6.92 Å². The zero-order valence-electron chi connectivity index (χ0n) is 22.0. The van der Waals surface area contributed by atoms with Gasteiger partial charge in [0.15, 0.2) is 34.9 Å². The highest BCUT2D eigenvalue weighted by atomic mass is 19.2. The van der Waals surface area contributed by atoms with Crippen LogP contribution in [0.3, 0.4) is 0 Å². The maximum Gasteiger partial charge on any atom is 0.167 e. The zero-order valence-corrected chi connectivity index (χ0v) is 22.0. The molecule has 3 aromatic carbocycles. The largest absolute Gasteiger partial charge is 0.388 e. The normalized spacial score (nSPS) is 21.4. The Labute approximate surface area is 228 Å². The molecule has 214 valence electrons. The van der Waals surface area contributed by atoms with E-state index in [1.165, 1.54) is 36.4 Å². The lowest BCUT2D eigenvalue weighted by atomic mass is 9.82. The molecule has 1 heterocycles. The SMILES string of the molecule is CCCC(O)c1ccc(COC2CCC(c3ccc(-c4ccc(C5CO5)c(F)c4F)c(F)c3F)CC2)c(F)c1F. The Morgan fingerprint density at radius 1 is 0.775 bits per heavy atom. The summed E-state index contributed by atoms with van der Waals surface area (Å²) in [5.74, 6) is -7.16. The second kappa shape index (κ2) is 11.9. The van der Waals surface area contributed by atoms with E-state index in [0.29, 0.717) is 38.5 Å². The van der Waals surface area contributed by atoms with Crippen LogP contribution in [-0.4, -0.2) is 17.8 Å². The van der Waals surface area contributed by atoms with Gasteiger partial charge < -0.3 is 14.6 Å². The molecule has 0 radical (unpaired) electrons. The predicted molar refractivity (Wildman–Crippen MR) is 136 cm³/mol. The molecule has 5 rings (SSSR count). The van der Waals surface area contributed by atoms with Gasteiger partial charge in [-0.25, -0.2) is 26.3 Å². The van der Waals surface area contributed by atoms with Crippen molar-refractivity contribution in [2.75, 3.05) is 6.61 Å². The number of epoxide rings is 1. The Kier molecular flexibility index (Phi) is 8.54. The number of rotatable bonds is 9. The molecule has 2 atom stereocenters. The fourth-order valence-electron chi connectivity index (χ4n) is 5.49. The van der Waals surface area contributed by atoms with Crippen molar-refractivity contribution in [3.8, 4) is 11.1 Å². The summed E-state index contributed by atoms with van der Waals surface area (Å²) in [4.78, 5) is 0. The Bertz CT molecular complexity index is 1380. The number of aliphatic hydroxyl groups excluding tert-OH is 1. The van der Waals surface area contributed by atoms with Crippen LogP contribution >= 0.6 is 0 Å². The first-order valence-electron chi connectivity index (χ1n) is 13.5. The van der Waals surface area contributed by atoms with E-state index in [2.05, 4.69) is 0 Å². The molecule has 3 nitrogen and oxygen atoms in total. The van der Waals surface area contributed by atoms with Crippen molar-refractivity contribution >= 4 is 0 Å². The standard InChI is InChI=1S/C31H30F6O3/c1-2-3-24(38)22-9-6-17(26(32)30(22)36)14-39-18-7-4-16(5-8-18)19-10-11-20(28(34)27(19)33)21-12-13-23(25-15-40-25)31(37)29(21)35/h6,9-13,16,18,24-25,38H,2-5,7-8,14-15H2,1H3. The number of hydrogen-bond donors (Lipinski definition) is 1. The lowest BCUT2D eigenvalue weighted by Gasteiger charge is -2.29. The van der Waals surface area contributed by atoms with Crippen LogP contribution < -0.4 is 0 Å². The van der Waals surface area contributed by atoms with E-state index in [0.717, 1.165) is 0 Å². The van der Waals surface area contributed by atoms with Crippen LogP contribution in [0.4, 0.5) is 26.3 Å². The summed E-state index contributed by atoms with van der Waals surface area (Å²) in [5, 5.41) is 10.0. The van der Waals surface area contributed by atoms with Gasteiger partial charge in [0.05, 0.1) is 25.4 Å². The molecule has 1 N–H and O–H groups in total. The Hall–Kier alpha value is -2.88. The molecule has 1 aliphatic heterocycles. The van der Waals surface area contributed by atoms with Crippen LogP contribution in [0.15, 0.2) is 36.4 Å². The summed E-state index contributed by atoms with van der Waals surface area (Å²) in [6.45, 7) is 1.96. The number of hydrogen-bond acceptors (Lipinski definition) is 3. The van der Waals surface area contributed by atoms with Crippen LogP contribution in [-0.2, 0) is 16.1 Å². The minimum Gasteiger partial charge on any atom is -0.388 e. The molecule has 0 spiro atoms. The number of benzene rings is 3. The van der Waals surface area contributed by atoms with Crippen molar-refractivity contribution < 1.29 is 40.9 Å². The molecule has 40 heavy (non-hydrogen) atoms. The summed E-state index contributed by atoms with van der Waals surface area (Å²) in [7, 11) is 0. The van der Waals surface area contributed by atoms with Crippen LogP contribution in [0, 0.1) is 34.9 Å². The van der Waals surface area contributed by atoms with E-state index >= 15 is 8.78 Å². The van der Waals surface area contributed by atoms with Crippen molar-refractivity contribution in [2.24, 2.45) is 0 Å². The van der Waals surface area contributed by atoms with Crippen LogP contribution in [0.5, 0.6) is 0 Å². The Morgan fingerprint density at radius 2 is 1.38 bits per heavy atom. The molecule has 2 aliphatic rings.